The second-order valence-electron chi connectivity index (χ2n) is 8.48. The quantitative estimate of drug-likeness (QED) is 0.463. The van der Waals surface area contributed by atoms with Gasteiger partial charge >= 0.3 is 12.1 Å². The number of rotatable bonds is 4. The molecule has 0 radical (unpaired) electrons. The van der Waals surface area contributed by atoms with E-state index in [1.807, 2.05) is 30.3 Å². The molecule has 0 bridgehead atoms. The largest absolute Gasteiger partial charge is 0.454 e. The van der Waals surface area contributed by atoms with E-state index < -0.39 is 23.2 Å². The van der Waals surface area contributed by atoms with E-state index in [1.165, 1.54) is 18.1 Å². The van der Waals surface area contributed by atoms with Crippen LogP contribution in [0.2, 0.25) is 0 Å². The molecule has 0 saturated heterocycles. The molecule has 2 aromatic carbocycles. The van der Waals surface area contributed by atoms with Crippen LogP contribution in [0.15, 0.2) is 42.5 Å². The molecule has 2 aromatic rings. The Morgan fingerprint density at radius 2 is 1.69 bits per heavy atom. The highest BCUT2D eigenvalue weighted by atomic mass is 19.4. The molecule has 0 spiro atoms. The molecule has 1 unspecified atom stereocenters. The van der Waals surface area contributed by atoms with Gasteiger partial charge in [-0.15, -0.1) is 0 Å². The Balaban J connectivity index is 1.68. The maximum Gasteiger partial charge on any atom is 0.404 e. The molecule has 2 aliphatic rings. The summed E-state index contributed by atoms with van der Waals surface area (Å²) in [6, 6.07) is 14.2. The number of ether oxygens (including phenoxy) is 1. The summed E-state index contributed by atoms with van der Waals surface area (Å²) in [6.07, 6.45) is -1.41. The normalized spacial score (nSPS) is 19.3. The van der Waals surface area contributed by atoms with E-state index in [4.69, 9.17) is 4.74 Å². The number of esters is 1. The van der Waals surface area contributed by atoms with Gasteiger partial charge in [0.1, 0.15) is 5.60 Å². The summed E-state index contributed by atoms with van der Waals surface area (Å²) in [5, 5.41) is 0. The molecule has 5 heteroatoms. The molecule has 1 fully saturated rings. The van der Waals surface area contributed by atoms with Crippen LogP contribution >= 0.6 is 0 Å². The molecule has 4 rings (SSSR count). The van der Waals surface area contributed by atoms with Crippen molar-refractivity contribution in [1.82, 2.24) is 0 Å². The highest BCUT2D eigenvalue weighted by molar-refractivity contribution is 5.79. The number of hydrogen-bond donors (Lipinski definition) is 0. The van der Waals surface area contributed by atoms with E-state index in [1.54, 1.807) is 0 Å². The van der Waals surface area contributed by atoms with Crippen molar-refractivity contribution in [2.24, 2.45) is 5.41 Å². The first kappa shape index (κ1) is 20.0. The fourth-order valence-electron chi connectivity index (χ4n) is 4.57. The van der Waals surface area contributed by atoms with Crippen molar-refractivity contribution in [2.45, 2.75) is 64.1 Å². The standard InChI is InChI=1S/C24H25F3O2/c1-3-22(2,24(25,26)27)21(28)29-23(12-6-7-13-23)18-10-11-20-17(15-18)14-16-8-4-5-9-19(16)20/h4-5,8-11,15H,3,6-7,12-14H2,1-2H3. The van der Waals surface area contributed by atoms with Gasteiger partial charge in [-0.05, 0) is 73.3 Å². The van der Waals surface area contributed by atoms with Gasteiger partial charge in [0.05, 0.1) is 0 Å². The number of carbonyl (C=O) groups excluding carboxylic acids is 1. The van der Waals surface area contributed by atoms with E-state index in [2.05, 4.69) is 12.1 Å². The van der Waals surface area contributed by atoms with Crippen molar-refractivity contribution in [3.8, 4) is 11.1 Å². The van der Waals surface area contributed by atoms with Crippen molar-refractivity contribution in [1.29, 1.82) is 0 Å². The molecule has 1 saturated carbocycles. The number of alkyl halides is 3. The monoisotopic (exact) mass is 402 g/mol. The molecule has 0 heterocycles. The molecule has 2 aliphatic carbocycles. The Morgan fingerprint density at radius 3 is 2.34 bits per heavy atom. The zero-order chi connectivity index (χ0) is 20.9. The van der Waals surface area contributed by atoms with Crippen LogP contribution in [-0.4, -0.2) is 12.1 Å². The summed E-state index contributed by atoms with van der Waals surface area (Å²) in [7, 11) is 0. The second-order valence-corrected chi connectivity index (χ2v) is 8.48. The Hall–Kier alpha value is -2.30. The van der Waals surface area contributed by atoms with Crippen LogP contribution in [0.25, 0.3) is 11.1 Å². The number of fused-ring (bicyclic) bond motifs is 3. The summed E-state index contributed by atoms with van der Waals surface area (Å²) < 4.78 is 46.5. The number of benzene rings is 2. The van der Waals surface area contributed by atoms with Gasteiger partial charge in [0, 0.05) is 0 Å². The van der Waals surface area contributed by atoms with Gasteiger partial charge in [-0.25, -0.2) is 0 Å². The van der Waals surface area contributed by atoms with Gasteiger partial charge in [-0.3, -0.25) is 4.79 Å². The average molecular weight is 402 g/mol. The first-order chi connectivity index (χ1) is 13.7. The van der Waals surface area contributed by atoms with Gasteiger partial charge in [0.2, 0.25) is 0 Å². The topological polar surface area (TPSA) is 26.3 Å². The first-order valence-electron chi connectivity index (χ1n) is 10.2. The van der Waals surface area contributed by atoms with Gasteiger partial charge in [-0.2, -0.15) is 13.2 Å². The third kappa shape index (κ3) is 3.15. The summed E-state index contributed by atoms with van der Waals surface area (Å²) in [5.74, 6) is -1.17. The predicted octanol–water partition coefficient (Wildman–Crippen LogP) is 6.55. The molecular formula is C24H25F3O2. The van der Waals surface area contributed by atoms with Crippen LogP contribution in [0.5, 0.6) is 0 Å². The summed E-state index contributed by atoms with van der Waals surface area (Å²) in [4.78, 5) is 12.7. The molecule has 0 N–H and O–H groups in total. The highest BCUT2D eigenvalue weighted by Gasteiger charge is 2.58. The van der Waals surface area contributed by atoms with E-state index >= 15 is 0 Å². The Bertz CT molecular complexity index is 941. The molecule has 0 aliphatic heterocycles. The second kappa shape index (κ2) is 6.89. The van der Waals surface area contributed by atoms with E-state index in [0.29, 0.717) is 12.8 Å². The lowest BCUT2D eigenvalue weighted by Crippen LogP contribution is -2.46. The fraction of sp³-hybridized carbons (Fsp3) is 0.458. The van der Waals surface area contributed by atoms with Crippen LogP contribution in [0, 0.1) is 5.41 Å². The minimum atomic E-state index is -4.64. The molecule has 2 nitrogen and oxygen atoms in total. The smallest absolute Gasteiger partial charge is 0.404 e. The minimum absolute atomic E-state index is 0.342. The Morgan fingerprint density at radius 1 is 1.03 bits per heavy atom. The lowest BCUT2D eigenvalue weighted by Gasteiger charge is -2.36. The maximum absolute atomic E-state index is 13.6. The van der Waals surface area contributed by atoms with Crippen LogP contribution in [0.3, 0.4) is 0 Å². The predicted molar refractivity (Wildman–Crippen MR) is 105 cm³/mol. The van der Waals surface area contributed by atoms with E-state index in [9.17, 15) is 18.0 Å². The Kier molecular flexibility index (Phi) is 4.75. The zero-order valence-electron chi connectivity index (χ0n) is 16.7. The van der Waals surface area contributed by atoms with Crippen molar-refractivity contribution >= 4 is 5.97 Å². The van der Waals surface area contributed by atoms with Gasteiger partial charge in [0.25, 0.3) is 0 Å². The van der Waals surface area contributed by atoms with Gasteiger partial charge < -0.3 is 4.74 Å². The van der Waals surface area contributed by atoms with Crippen LogP contribution in [0.4, 0.5) is 13.2 Å². The summed E-state index contributed by atoms with van der Waals surface area (Å²) >= 11 is 0. The molecule has 0 amide bonds. The zero-order valence-corrected chi connectivity index (χ0v) is 16.7. The maximum atomic E-state index is 13.6. The number of hydrogen-bond acceptors (Lipinski definition) is 2. The van der Waals surface area contributed by atoms with Crippen molar-refractivity contribution in [3.63, 3.8) is 0 Å². The third-order valence-electron chi connectivity index (χ3n) is 6.80. The van der Waals surface area contributed by atoms with Gasteiger partial charge in [-0.1, -0.05) is 49.4 Å². The number of carbonyl (C=O) groups is 1. The molecule has 0 aromatic heterocycles. The Labute approximate surface area is 169 Å². The van der Waals surface area contributed by atoms with Crippen molar-refractivity contribution in [2.75, 3.05) is 0 Å². The highest BCUT2D eigenvalue weighted by Crippen LogP contribution is 2.49. The molecule has 154 valence electrons. The van der Waals surface area contributed by atoms with E-state index in [-0.39, 0.29) is 6.42 Å². The third-order valence-corrected chi connectivity index (χ3v) is 6.80. The lowest BCUT2D eigenvalue weighted by molar-refractivity contribution is -0.238. The van der Waals surface area contributed by atoms with E-state index in [0.717, 1.165) is 42.9 Å². The van der Waals surface area contributed by atoms with Crippen LogP contribution in [-0.2, 0) is 21.6 Å². The van der Waals surface area contributed by atoms with Crippen molar-refractivity contribution in [3.05, 3.63) is 59.2 Å². The molecule has 29 heavy (non-hydrogen) atoms. The van der Waals surface area contributed by atoms with Crippen molar-refractivity contribution < 1.29 is 22.7 Å². The molecule has 1 atom stereocenters. The molecular weight excluding hydrogens is 377 g/mol. The summed E-state index contributed by atoms with van der Waals surface area (Å²) in [6.45, 7) is 2.32. The lowest BCUT2D eigenvalue weighted by atomic mass is 9.85. The minimum Gasteiger partial charge on any atom is -0.454 e. The summed E-state index contributed by atoms with van der Waals surface area (Å²) in [5.41, 5.74) is 2.08. The van der Waals surface area contributed by atoms with Crippen LogP contribution in [0.1, 0.15) is 62.6 Å². The van der Waals surface area contributed by atoms with Gasteiger partial charge in [0.15, 0.2) is 5.41 Å². The van der Waals surface area contributed by atoms with Crippen LogP contribution < -0.4 is 0 Å². The number of halogens is 3. The first-order valence-corrected chi connectivity index (χ1v) is 10.2. The SMILES string of the molecule is CCC(C)(C(=O)OC1(c2ccc3c(c2)Cc2ccccc2-3)CCCC1)C(F)(F)F. The average Bonchev–Trinajstić information content (AvgIpc) is 3.30. The fourth-order valence-corrected chi connectivity index (χ4v) is 4.57.